The minimum atomic E-state index is -1.17. The number of hydrogen-bond donors (Lipinski definition) is 0. The summed E-state index contributed by atoms with van der Waals surface area (Å²) >= 11 is 0. The predicted octanol–water partition coefficient (Wildman–Crippen LogP) is 8.38. The highest BCUT2D eigenvalue weighted by molar-refractivity contribution is 5.96. The molecular formula is C59H48O24. The lowest BCUT2D eigenvalue weighted by molar-refractivity contribution is -0.218. The zero-order valence-electron chi connectivity index (χ0n) is 43.6. The van der Waals surface area contributed by atoms with Gasteiger partial charge in [-0.05, 0) is 120 Å². The molecule has 0 heterocycles. The Labute approximate surface area is 471 Å². The van der Waals surface area contributed by atoms with E-state index in [1.165, 1.54) is 72.8 Å². The van der Waals surface area contributed by atoms with E-state index in [1.807, 2.05) is 0 Å². The van der Waals surface area contributed by atoms with E-state index in [9.17, 15) is 38.4 Å². The van der Waals surface area contributed by atoms with Gasteiger partial charge >= 0.3 is 47.8 Å². The molecule has 0 saturated heterocycles. The summed E-state index contributed by atoms with van der Waals surface area (Å²) in [5.74, 6) is -6.38. The Balaban J connectivity index is 1.15. The van der Waals surface area contributed by atoms with Gasteiger partial charge in [0.25, 0.3) is 0 Å². The van der Waals surface area contributed by atoms with Gasteiger partial charge in [-0.15, -0.1) is 0 Å². The minimum Gasteiger partial charge on any atom is -0.457 e. The molecule has 24 heteroatoms. The summed E-state index contributed by atoms with van der Waals surface area (Å²) in [6.45, 7) is 10.3. The van der Waals surface area contributed by atoms with Gasteiger partial charge in [-0.1, -0.05) is 50.6 Å². The summed E-state index contributed by atoms with van der Waals surface area (Å²) < 4.78 is 62.4. The molecule has 0 saturated carbocycles. The summed E-state index contributed by atoms with van der Waals surface area (Å²) in [4.78, 5) is 121. The second-order valence-corrected chi connectivity index (χ2v) is 15.8. The minimum absolute atomic E-state index is 0.0549. The average Bonchev–Trinajstić information content (AvgIpc) is 3.59. The zero-order chi connectivity index (χ0) is 59.3. The fraction of sp³-hybridized carbons (Fsp3) is 0.119. The van der Waals surface area contributed by atoms with Crippen molar-refractivity contribution < 1.29 is 115 Å². The van der Waals surface area contributed by atoms with E-state index in [0.717, 1.165) is 36.4 Å². The van der Waals surface area contributed by atoms with Crippen LogP contribution in [0, 0.1) is 0 Å². The van der Waals surface area contributed by atoms with Crippen molar-refractivity contribution in [3.8, 4) is 46.0 Å². The predicted molar refractivity (Wildman–Crippen MR) is 282 cm³/mol. The van der Waals surface area contributed by atoms with Crippen LogP contribution in [0.25, 0.3) is 0 Å². The second-order valence-electron chi connectivity index (χ2n) is 15.8. The molecule has 83 heavy (non-hydrogen) atoms. The van der Waals surface area contributed by atoms with Gasteiger partial charge < -0.3 is 66.6 Å². The molecule has 0 N–H and O–H groups in total. The molecule has 0 aliphatic heterocycles. The molecule has 0 radical (unpaired) electrons. The molecule has 0 aliphatic carbocycles. The molecule has 0 fully saturated rings. The van der Waals surface area contributed by atoms with Gasteiger partial charge in [0.1, 0.15) is 58.8 Å². The van der Waals surface area contributed by atoms with Gasteiger partial charge in [-0.2, -0.15) is 9.78 Å². The van der Waals surface area contributed by atoms with Crippen LogP contribution in [0.2, 0.25) is 0 Å². The maximum absolute atomic E-state index is 13.8. The van der Waals surface area contributed by atoms with Crippen molar-refractivity contribution >= 4 is 47.8 Å². The first-order valence-corrected chi connectivity index (χ1v) is 24.0. The third-order valence-electron chi connectivity index (χ3n) is 10.3. The van der Waals surface area contributed by atoms with Crippen LogP contribution in [-0.2, 0) is 70.6 Å². The topological polar surface area (TPSA) is 284 Å². The van der Waals surface area contributed by atoms with Gasteiger partial charge in [-0.25, -0.2) is 38.4 Å². The average molecular weight is 1140 g/mol. The smallest absolute Gasteiger partial charge is 0.345 e. The first kappa shape index (κ1) is 61.0. The van der Waals surface area contributed by atoms with Crippen molar-refractivity contribution in [3.63, 3.8) is 0 Å². The third-order valence-corrected chi connectivity index (χ3v) is 10.3. The SMILES string of the molecule is C=CC(=O)OCOc1ccc(COOc2ccc(OC(=O)c3ccc(OCOC(=O)C=C)cc3)cc2C(=O)OCOC(=O)c2cc(OC(=O)c3ccc(OCOC(=O)C=C)cc3)ccc2OOCc2ccc(OCOC(=O)C=C)cc2)cc1. The lowest BCUT2D eigenvalue weighted by Crippen LogP contribution is -2.16. The Morgan fingerprint density at radius 1 is 0.325 bits per heavy atom. The number of esters is 8. The van der Waals surface area contributed by atoms with Crippen molar-refractivity contribution in [2.45, 2.75) is 13.2 Å². The van der Waals surface area contributed by atoms with Crippen LogP contribution in [0.15, 0.2) is 184 Å². The van der Waals surface area contributed by atoms with E-state index < -0.39 is 68.1 Å². The first-order chi connectivity index (χ1) is 40.2. The number of carbonyl (C=O) groups is 8. The molecule has 0 aliphatic rings. The number of rotatable bonds is 32. The van der Waals surface area contributed by atoms with Crippen LogP contribution in [0.1, 0.15) is 52.6 Å². The van der Waals surface area contributed by atoms with E-state index >= 15 is 0 Å². The lowest BCUT2D eigenvalue weighted by atomic mass is 10.2. The van der Waals surface area contributed by atoms with Crippen LogP contribution < -0.4 is 38.2 Å². The van der Waals surface area contributed by atoms with E-state index in [2.05, 4.69) is 26.3 Å². The molecule has 0 spiro atoms. The summed E-state index contributed by atoms with van der Waals surface area (Å²) in [6.07, 6.45) is 3.91. The molecule has 0 amide bonds. The van der Waals surface area contributed by atoms with E-state index in [-0.39, 0.29) is 83.6 Å². The Hall–Kier alpha value is -11.2. The number of ether oxygens (including phenoxy) is 12. The Bertz CT molecular complexity index is 3060. The molecule has 0 aromatic heterocycles. The lowest BCUT2D eigenvalue weighted by Gasteiger charge is -2.14. The first-order valence-electron chi connectivity index (χ1n) is 24.0. The molecular weight excluding hydrogens is 1090 g/mol. The van der Waals surface area contributed by atoms with E-state index in [0.29, 0.717) is 22.6 Å². The number of carbonyl (C=O) groups excluding carboxylic acids is 8. The molecule has 6 aromatic carbocycles. The Morgan fingerprint density at radius 2 is 0.614 bits per heavy atom. The molecule has 0 atom stereocenters. The highest BCUT2D eigenvalue weighted by Gasteiger charge is 2.23. The zero-order valence-corrected chi connectivity index (χ0v) is 43.6. The van der Waals surface area contributed by atoms with Crippen LogP contribution in [0.5, 0.6) is 46.0 Å². The van der Waals surface area contributed by atoms with Crippen LogP contribution in [0.3, 0.4) is 0 Å². The monoisotopic (exact) mass is 1140 g/mol. The molecule has 6 rings (SSSR count). The molecule has 0 unspecified atom stereocenters. The summed E-state index contributed by atoms with van der Waals surface area (Å²) in [7, 11) is 0. The van der Waals surface area contributed by atoms with Gasteiger partial charge in [0.05, 0.1) is 11.1 Å². The third kappa shape index (κ3) is 20.2. The van der Waals surface area contributed by atoms with Crippen molar-refractivity contribution in [1.29, 1.82) is 0 Å². The summed E-state index contributed by atoms with van der Waals surface area (Å²) in [5, 5.41) is 0. The number of benzene rings is 6. The van der Waals surface area contributed by atoms with Crippen LogP contribution in [0.4, 0.5) is 0 Å². The molecule has 24 nitrogen and oxygen atoms in total. The highest BCUT2D eigenvalue weighted by atomic mass is 17.2. The summed E-state index contributed by atoms with van der Waals surface area (Å²) in [5.41, 5.74) is 0.500. The normalized spacial score (nSPS) is 10.2. The fourth-order valence-corrected chi connectivity index (χ4v) is 6.15. The van der Waals surface area contributed by atoms with E-state index in [1.54, 1.807) is 48.5 Å². The standard InChI is InChI=1S/C59H48O24/c1-5-52(60)72-33-68-42-17-9-38(10-18-42)31-78-82-50-27-25-46(80-56(64)40-13-21-44(22-14-40)70-35-74-54(62)7-3)29-48(50)58(66)76-37-77-59(67)49-30-47(81-57(65)41-15-23-45(24-16-41)71-36-75-55(63)8-4)26-28-51(49)83-79-32-39-11-19-43(20-12-39)69-34-73-53(61)6-2/h5-30H,1-4,31-37H2. The van der Waals surface area contributed by atoms with Gasteiger partial charge in [0.2, 0.25) is 34.0 Å². The maximum atomic E-state index is 13.8. The fourth-order valence-electron chi connectivity index (χ4n) is 6.15. The van der Waals surface area contributed by atoms with Gasteiger partial charge in [0.15, 0.2) is 11.5 Å². The number of hydrogen-bond acceptors (Lipinski definition) is 24. The quantitative estimate of drug-likeness (QED) is 0.00728. The maximum Gasteiger partial charge on any atom is 0.345 e. The largest absolute Gasteiger partial charge is 0.457 e. The second kappa shape index (κ2) is 32.0. The van der Waals surface area contributed by atoms with Gasteiger partial charge in [0, 0.05) is 24.3 Å². The van der Waals surface area contributed by atoms with Crippen LogP contribution >= 0.6 is 0 Å². The van der Waals surface area contributed by atoms with Crippen molar-refractivity contribution in [2.24, 2.45) is 0 Å². The van der Waals surface area contributed by atoms with Crippen LogP contribution in [-0.4, -0.2) is 81.7 Å². The van der Waals surface area contributed by atoms with Gasteiger partial charge in [-0.3, -0.25) is 0 Å². The molecule has 6 aromatic rings. The Kier molecular flexibility index (Phi) is 23.5. The molecule has 0 bridgehead atoms. The Morgan fingerprint density at radius 3 is 0.916 bits per heavy atom. The summed E-state index contributed by atoms with van der Waals surface area (Å²) in [6, 6.07) is 31.2. The highest BCUT2D eigenvalue weighted by Crippen LogP contribution is 2.30. The van der Waals surface area contributed by atoms with Crippen molar-refractivity contribution in [3.05, 3.63) is 217 Å². The molecule has 428 valence electrons. The van der Waals surface area contributed by atoms with Crippen molar-refractivity contribution in [1.82, 2.24) is 0 Å². The van der Waals surface area contributed by atoms with Crippen molar-refractivity contribution in [2.75, 3.05) is 34.0 Å². The van der Waals surface area contributed by atoms with E-state index in [4.69, 9.17) is 76.4 Å².